The number of hydrogen-bond donors (Lipinski definition) is 2. The van der Waals surface area contributed by atoms with Crippen LogP contribution in [-0.2, 0) is 4.79 Å². The monoisotopic (exact) mass is 184 g/mol. The highest BCUT2D eigenvalue weighted by Gasteiger charge is 2.23. The molecule has 1 saturated carbocycles. The van der Waals surface area contributed by atoms with E-state index >= 15 is 0 Å². The molecule has 3 heteroatoms. The van der Waals surface area contributed by atoms with E-state index in [0.29, 0.717) is 0 Å². The van der Waals surface area contributed by atoms with Crippen molar-refractivity contribution in [1.82, 2.24) is 10.9 Å². The third-order valence-corrected chi connectivity index (χ3v) is 2.29. The van der Waals surface area contributed by atoms with Gasteiger partial charge in [-0.3, -0.25) is 10.2 Å². The molecule has 2 N–H and O–H groups in total. The van der Waals surface area contributed by atoms with Crippen LogP contribution in [0.1, 0.15) is 46.5 Å². The molecule has 1 aliphatic rings. The van der Waals surface area contributed by atoms with Crippen LogP contribution in [0.15, 0.2) is 0 Å². The zero-order valence-corrected chi connectivity index (χ0v) is 8.81. The van der Waals surface area contributed by atoms with Gasteiger partial charge in [-0.2, -0.15) is 0 Å². The molecule has 1 aliphatic carbocycles. The Morgan fingerprint density at radius 1 is 1.23 bits per heavy atom. The number of carbonyl (C=O) groups excluding carboxylic acids is 1. The predicted molar refractivity (Wildman–Crippen MR) is 53.0 cm³/mol. The molecule has 0 bridgehead atoms. The second kappa shape index (κ2) is 4.09. The molecule has 1 fully saturated rings. The van der Waals surface area contributed by atoms with Gasteiger partial charge in [0.2, 0.25) is 5.91 Å². The number of rotatable bonds is 2. The number of hydrogen-bond acceptors (Lipinski definition) is 2. The van der Waals surface area contributed by atoms with Crippen LogP contribution >= 0.6 is 0 Å². The summed E-state index contributed by atoms with van der Waals surface area (Å²) in [6.45, 7) is 6.09. The second-order valence-electron chi connectivity index (χ2n) is 4.85. The Hall–Kier alpha value is -0.570. The van der Waals surface area contributed by atoms with Crippen LogP contribution in [0.25, 0.3) is 0 Å². The smallest absolute Gasteiger partial charge is 0.237 e. The van der Waals surface area contributed by atoms with Gasteiger partial charge in [0, 0.05) is 11.5 Å². The van der Waals surface area contributed by atoms with Gasteiger partial charge < -0.3 is 0 Å². The van der Waals surface area contributed by atoms with E-state index in [4.69, 9.17) is 0 Å². The van der Waals surface area contributed by atoms with E-state index in [1.807, 2.05) is 20.8 Å². The summed E-state index contributed by atoms with van der Waals surface area (Å²) in [6, 6.07) is 0. The van der Waals surface area contributed by atoms with E-state index in [1.165, 1.54) is 12.8 Å². The Labute approximate surface area is 80.2 Å². The molecule has 0 aromatic heterocycles. The van der Waals surface area contributed by atoms with Crippen molar-refractivity contribution in [1.29, 1.82) is 0 Å². The van der Waals surface area contributed by atoms with Crippen molar-refractivity contribution in [3.05, 3.63) is 0 Å². The molecule has 0 aromatic rings. The molecule has 0 aromatic carbocycles. The number of hydrazine groups is 1. The highest BCUT2D eigenvalue weighted by molar-refractivity contribution is 5.78. The van der Waals surface area contributed by atoms with Gasteiger partial charge >= 0.3 is 0 Å². The number of carbonyl (C=O) groups is 1. The highest BCUT2D eigenvalue weighted by atomic mass is 16.2. The van der Waals surface area contributed by atoms with Gasteiger partial charge in [-0.15, -0.1) is 0 Å². The largest absolute Gasteiger partial charge is 0.291 e. The van der Waals surface area contributed by atoms with Crippen LogP contribution in [0, 0.1) is 5.92 Å². The fourth-order valence-corrected chi connectivity index (χ4v) is 1.54. The van der Waals surface area contributed by atoms with Crippen LogP contribution in [0.2, 0.25) is 0 Å². The first-order chi connectivity index (χ1) is 5.99. The van der Waals surface area contributed by atoms with Crippen molar-refractivity contribution in [3.8, 4) is 0 Å². The van der Waals surface area contributed by atoms with Crippen LogP contribution < -0.4 is 10.9 Å². The Kier molecular flexibility index (Phi) is 3.31. The topological polar surface area (TPSA) is 41.1 Å². The predicted octanol–water partition coefficient (Wildman–Crippen LogP) is 1.60. The maximum absolute atomic E-state index is 11.5. The summed E-state index contributed by atoms with van der Waals surface area (Å²) >= 11 is 0. The van der Waals surface area contributed by atoms with Crippen LogP contribution in [0.5, 0.6) is 0 Å². The Balaban J connectivity index is 2.25. The summed E-state index contributed by atoms with van der Waals surface area (Å²) < 4.78 is 0. The van der Waals surface area contributed by atoms with Crippen molar-refractivity contribution in [3.63, 3.8) is 0 Å². The first-order valence-corrected chi connectivity index (χ1v) is 5.06. The van der Waals surface area contributed by atoms with Gasteiger partial charge in [0.1, 0.15) is 0 Å². The fraction of sp³-hybridized carbons (Fsp3) is 0.900. The lowest BCUT2D eigenvalue weighted by molar-refractivity contribution is -0.126. The lowest BCUT2D eigenvalue weighted by Crippen LogP contribution is -2.50. The first-order valence-electron chi connectivity index (χ1n) is 5.06. The average molecular weight is 184 g/mol. The van der Waals surface area contributed by atoms with E-state index in [0.717, 1.165) is 12.8 Å². The molecule has 1 rings (SSSR count). The molecule has 0 atom stereocenters. The van der Waals surface area contributed by atoms with Crippen molar-refractivity contribution in [2.24, 2.45) is 5.92 Å². The zero-order valence-electron chi connectivity index (χ0n) is 8.81. The Bertz CT molecular complexity index is 178. The second-order valence-corrected chi connectivity index (χ2v) is 4.85. The van der Waals surface area contributed by atoms with E-state index < -0.39 is 0 Å². The maximum atomic E-state index is 11.5. The van der Waals surface area contributed by atoms with Gasteiger partial charge in [-0.1, -0.05) is 12.8 Å². The van der Waals surface area contributed by atoms with Crippen LogP contribution in [0.3, 0.4) is 0 Å². The van der Waals surface area contributed by atoms with E-state index in [9.17, 15) is 4.79 Å². The van der Waals surface area contributed by atoms with Crippen molar-refractivity contribution in [2.75, 3.05) is 0 Å². The lowest BCUT2D eigenvalue weighted by Gasteiger charge is -2.22. The highest BCUT2D eigenvalue weighted by Crippen LogP contribution is 2.24. The Morgan fingerprint density at radius 2 is 1.77 bits per heavy atom. The standard InChI is InChI=1S/C10H20N2O/c1-10(2,3)12-11-9(13)8-6-4-5-7-8/h8,12H,4-7H2,1-3H3,(H,11,13). The molecule has 13 heavy (non-hydrogen) atoms. The summed E-state index contributed by atoms with van der Waals surface area (Å²) in [6.07, 6.45) is 4.51. The van der Waals surface area contributed by atoms with Crippen molar-refractivity contribution >= 4 is 5.91 Å². The number of nitrogens with one attached hydrogen (secondary N) is 2. The quantitative estimate of drug-likeness (QED) is 0.640. The summed E-state index contributed by atoms with van der Waals surface area (Å²) in [5.74, 6) is 0.405. The van der Waals surface area contributed by atoms with Crippen LogP contribution in [0.4, 0.5) is 0 Å². The summed E-state index contributed by atoms with van der Waals surface area (Å²) in [4.78, 5) is 11.5. The van der Waals surface area contributed by atoms with E-state index in [1.54, 1.807) is 0 Å². The van der Waals surface area contributed by atoms with Gasteiger partial charge in [-0.05, 0) is 33.6 Å². The van der Waals surface area contributed by atoms with E-state index in [2.05, 4.69) is 10.9 Å². The average Bonchev–Trinajstić information content (AvgIpc) is 2.50. The normalized spacial score (nSPS) is 19.0. The fourth-order valence-electron chi connectivity index (χ4n) is 1.54. The molecule has 0 spiro atoms. The molecule has 1 amide bonds. The molecule has 0 unspecified atom stereocenters. The third kappa shape index (κ3) is 3.77. The molecule has 0 heterocycles. The van der Waals surface area contributed by atoms with E-state index in [-0.39, 0.29) is 17.4 Å². The van der Waals surface area contributed by atoms with Gasteiger partial charge in [-0.25, -0.2) is 5.43 Å². The minimum atomic E-state index is -0.0474. The number of amides is 1. The molecular formula is C10H20N2O. The third-order valence-electron chi connectivity index (χ3n) is 2.29. The lowest BCUT2D eigenvalue weighted by atomic mass is 10.1. The van der Waals surface area contributed by atoms with Crippen molar-refractivity contribution in [2.45, 2.75) is 52.0 Å². The molecule has 0 aliphatic heterocycles. The minimum absolute atomic E-state index is 0.0474. The van der Waals surface area contributed by atoms with Gasteiger partial charge in [0.15, 0.2) is 0 Å². The van der Waals surface area contributed by atoms with Crippen LogP contribution in [-0.4, -0.2) is 11.4 Å². The molecule has 0 saturated heterocycles. The summed E-state index contributed by atoms with van der Waals surface area (Å²) in [5, 5.41) is 0. The van der Waals surface area contributed by atoms with Gasteiger partial charge in [0.25, 0.3) is 0 Å². The summed E-state index contributed by atoms with van der Waals surface area (Å²) in [5.41, 5.74) is 5.73. The molecular weight excluding hydrogens is 164 g/mol. The molecule has 0 radical (unpaired) electrons. The van der Waals surface area contributed by atoms with Crippen molar-refractivity contribution < 1.29 is 4.79 Å². The maximum Gasteiger partial charge on any atom is 0.237 e. The van der Waals surface area contributed by atoms with Gasteiger partial charge in [0.05, 0.1) is 0 Å². The Morgan fingerprint density at radius 3 is 2.23 bits per heavy atom. The first kappa shape index (κ1) is 10.5. The SMILES string of the molecule is CC(C)(C)NNC(=O)C1CCCC1. The molecule has 3 nitrogen and oxygen atoms in total. The zero-order chi connectivity index (χ0) is 9.90. The molecule has 76 valence electrons. The minimum Gasteiger partial charge on any atom is -0.291 e. The summed E-state index contributed by atoms with van der Waals surface area (Å²) in [7, 11) is 0.